The summed E-state index contributed by atoms with van der Waals surface area (Å²) in [6.45, 7) is 8.38. The first-order chi connectivity index (χ1) is 18.8. The van der Waals surface area contributed by atoms with E-state index in [2.05, 4.69) is 119 Å². The van der Waals surface area contributed by atoms with Gasteiger partial charge in [-0.05, 0) is 85.4 Å². The van der Waals surface area contributed by atoms with Crippen LogP contribution in [0.2, 0.25) is 0 Å². The molecule has 2 aromatic heterocycles. The summed E-state index contributed by atoms with van der Waals surface area (Å²) in [7, 11) is -0.358. The molecule has 1 aliphatic rings. The van der Waals surface area contributed by atoms with Crippen molar-refractivity contribution in [2.45, 2.75) is 38.9 Å². The maximum atomic E-state index is 6.33. The molecule has 0 amide bonds. The molecule has 0 radical (unpaired) electrons. The first-order valence-corrected chi connectivity index (χ1v) is 14.3. The molecule has 0 bridgehead atoms. The van der Waals surface area contributed by atoms with Gasteiger partial charge in [0.25, 0.3) is 0 Å². The standard InChI is InChI=1S/C34H27BO3S/c1-33(2)34(3,4)38-35(37-33)23-13-15-26-25-14-12-22(18-30(25)39-31(26)19-23)24-10-7-11-28-32(24)27-16-20-8-5-6-9-21(20)17-29(27)36-28/h5-19H,1-4H3. The van der Waals surface area contributed by atoms with Gasteiger partial charge in [0.05, 0.1) is 11.2 Å². The van der Waals surface area contributed by atoms with Crippen LogP contribution in [0.5, 0.6) is 0 Å². The van der Waals surface area contributed by atoms with Crippen LogP contribution in [0, 0.1) is 0 Å². The predicted molar refractivity (Wildman–Crippen MR) is 165 cm³/mol. The van der Waals surface area contributed by atoms with Crippen LogP contribution in [-0.4, -0.2) is 18.3 Å². The van der Waals surface area contributed by atoms with E-state index in [1.54, 1.807) is 0 Å². The molecule has 0 saturated carbocycles. The molecule has 1 fully saturated rings. The summed E-state index contributed by atoms with van der Waals surface area (Å²) < 4.78 is 21.5. The lowest BCUT2D eigenvalue weighted by Crippen LogP contribution is -2.41. The number of rotatable bonds is 2. The van der Waals surface area contributed by atoms with E-state index in [1.165, 1.54) is 47.5 Å². The van der Waals surface area contributed by atoms with Crippen molar-refractivity contribution in [2.75, 3.05) is 0 Å². The van der Waals surface area contributed by atoms with Crippen molar-refractivity contribution in [3.63, 3.8) is 0 Å². The summed E-state index contributed by atoms with van der Waals surface area (Å²) in [6.07, 6.45) is 0. The fraction of sp³-hybridized carbons (Fsp3) is 0.176. The van der Waals surface area contributed by atoms with Gasteiger partial charge in [0.2, 0.25) is 0 Å². The smallest absolute Gasteiger partial charge is 0.456 e. The topological polar surface area (TPSA) is 31.6 Å². The summed E-state index contributed by atoms with van der Waals surface area (Å²) in [4.78, 5) is 0. The van der Waals surface area contributed by atoms with E-state index < -0.39 is 0 Å². The van der Waals surface area contributed by atoms with Crippen LogP contribution < -0.4 is 5.46 Å². The predicted octanol–water partition coefficient (Wildman–Crippen LogP) is 9.07. The maximum absolute atomic E-state index is 6.33. The zero-order chi connectivity index (χ0) is 26.5. The van der Waals surface area contributed by atoms with Gasteiger partial charge in [-0.1, -0.05) is 60.7 Å². The Kier molecular flexibility index (Phi) is 4.74. The van der Waals surface area contributed by atoms with Gasteiger partial charge in [-0.15, -0.1) is 11.3 Å². The minimum absolute atomic E-state index is 0.355. The zero-order valence-electron chi connectivity index (χ0n) is 22.4. The van der Waals surface area contributed by atoms with Crippen LogP contribution in [0.4, 0.5) is 0 Å². The van der Waals surface area contributed by atoms with Crippen molar-refractivity contribution in [2.24, 2.45) is 0 Å². The Morgan fingerprint density at radius 2 is 1.31 bits per heavy atom. The normalized spacial score (nSPS) is 16.9. The monoisotopic (exact) mass is 526 g/mol. The second-order valence-corrected chi connectivity index (χ2v) is 12.7. The second-order valence-electron chi connectivity index (χ2n) is 11.6. The van der Waals surface area contributed by atoms with Crippen LogP contribution in [0.3, 0.4) is 0 Å². The summed E-state index contributed by atoms with van der Waals surface area (Å²) in [5, 5.41) is 7.27. The number of furan rings is 1. The Labute approximate surface area is 231 Å². The maximum Gasteiger partial charge on any atom is 0.494 e. The molecule has 190 valence electrons. The van der Waals surface area contributed by atoms with Gasteiger partial charge in [-0.2, -0.15) is 0 Å². The Morgan fingerprint density at radius 3 is 2.08 bits per heavy atom. The molecule has 0 unspecified atom stereocenters. The van der Waals surface area contributed by atoms with Crippen molar-refractivity contribution in [1.29, 1.82) is 0 Å². The zero-order valence-corrected chi connectivity index (χ0v) is 23.2. The lowest BCUT2D eigenvalue weighted by atomic mass is 9.79. The van der Waals surface area contributed by atoms with Crippen LogP contribution in [0.15, 0.2) is 95.4 Å². The van der Waals surface area contributed by atoms with Crippen molar-refractivity contribution in [3.05, 3.63) is 91.0 Å². The molecule has 0 spiro atoms. The quantitative estimate of drug-likeness (QED) is 0.211. The average molecular weight is 526 g/mol. The van der Waals surface area contributed by atoms with Gasteiger partial charge in [0, 0.05) is 30.9 Å². The third-order valence-corrected chi connectivity index (χ3v) is 9.81. The molecule has 0 aliphatic carbocycles. The van der Waals surface area contributed by atoms with Crippen LogP contribution in [0.25, 0.3) is 64.0 Å². The molecule has 5 aromatic carbocycles. The Bertz CT molecular complexity index is 2080. The van der Waals surface area contributed by atoms with Crippen molar-refractivity contribution in [3.8, 4) is 11.1 Å². The van der Waals surface area contributed by atoms with E-state index >= 15 is 0 Å². The highest BCUT2D eigenvalue weighted by atomic mass is 32.1. The number of hydrogen-bond acceptors (Lipinski definition) is 4. The minimum Gasteiger partial charge on any atom is -0.456 e. The van der Waals surface area contributed by atoms with E-state index in [9.17, 15) is 0 Å². The number of benzene rings is 5. The largest absolute Gasteiger partial charge is 0.494 e. The molecule has 39 heavy (non-hydrogen) atoms. The fourth-order valence-electron chi connectivity index (χ4n) is 5.84. The SMILES string of the molecule is CC1(C)OB(c2ccc3c(c2)sc2cc(-c4cccc5oc6cc7ccccc7cc6c45)ccc23)OC1(C)C. The summed E-state index contributed by atoms with van der Waals surface area (Å²) in [5.74, 6) is 0. The molecule has 3 nitrogen and oxygen atoms in total. The molecule has 0 atom stereocenters. The van der Waals surface area contributed by atoms with Crippen LogP contribution >= 0.6 is 11.3 Å². The third-order valence-electron chi connectivity index (χ3n) is 8.70. The van der Waals surface area contributed by atoms with Gasteiger partial charge >= 0.3 is 7.12 Å². The summed E-state index contributed by atoms with van der Waals surface area (Å²) in [5.41, 5.74) is 4.59. The number of fused-ring (bicyclic) bond motifs is 7. The molecule has 5 heteroatoms. The molecule has 1 aliphatic heterocycles. The minimum atomic E-state index is -0.358. The lowest BCUT2D eigenvalue weighted by molar-refractivity contribution is 0.00578. The molecular weight excluding hydrogens is 499 g/mol. The Morgan fingerprint density at radius 1 is 0.615 bits per heavy atom. The molecule has 0 N–H and O–H groups in total. The fourth-order valence-corrected chi connectivity index (χ4v) is 7.03. The summed E-state index contributed by atoms with van der Waals surface area (Å²) in [6, 6.07) is 32.6. The Hall–Kier alpha value is -3.64. The summed E-state index contributed by atoms with van der Waals surface area (Å²) >= 11 is 1.82. The highest BCUT2D eigenvalue weighted by Crippen LogP contribution is 2.42. The van der Waals surface area contributed by atoms with E-state index in [-0.39, 0.29) is 18.3 Å². The first-order valence-electron chi connectivity index (χ1n) is 13.4. The lowest BCUT2D eigenvalue weighted by Gasteiger charge is -2.32. The van der Waals surface area contributed by atoms with E-state index in [0.29, 0.717) is 0 Å². The van der Waals surface area contributed by atoms with Crippen molar-refractivity contribution >= 4 is 76.8 Å². The van der Waals surface area contributed by atoms with Crippen molar-refractivity contribution < 1.29 is 13.7 Å². The molecular formula is C34H27BO3S. The van der Waals surface area contributed by atoms with E-state index in [0.717, 1.165) is 22.0 Å². The van der Waals surface area contributed by atoms with Crippen molar-refractivity contribution in [1.82, 2.24) is 0 Å². The Balaban J connectivity index is 1.26. The molecule has 3 heterocycles. The van der Waals surface area contributed by atoms with Gasteiger partial charge in [0.15, 0.2) is 0 Å². The molecule has 1 saturated heterocycles. The van der Waals surface area contributed by atoms with Gasteiger partial charge in [-0.25, -0.2) is 0 Å². The molecule has 7 aromatic rings. The van der Waals surface area contributed by atoms with Gasteiger partial charge in [0.1, 0.15) is 11.2 Å². The van der Waals surface area contributed by atoms with Gasteiger partial charge in [-0.3, -0.25) is 0 Å². The first kappa shape index (κ1) is 23.3. The van der Waals surface area contributed by atoms with Gasteiger partial charge < -0.3 is 13.7 Å². The average Bonchev–Trinajstić information content (AvgIpc) is 3.54. The third kappa shape index (κ3) is 3.44. The highest BCUT2D eigenvalue weighted by molar-refractivity contribution is 7.26. The highest BCUT2D eigenvalue weighted by Gasteiger charge is 2.51. The number of thiophene rings is 1. The molecule has 8 rings (SSSR count). The van der Waals surface area contributed by atoms with Crippen LogP contribution in [-0.2, 0) is 9.31 Å². The van der Waals surface area contributed by atoms with Crippen LogP contribution in [0.1, 0.15) is 27.7 Å². The number of hydrogen-bond donors (Lipinski definition) is 0. The second kappa shape index (κ2) is 7.95. The van der Waals surface area contributed by atoms with E-state index in [4.69, 9.17) is 13.7 Å². The van der Waals surface area contributed by atoms with E-state index in [1.807, 2.05) is 11.3 Å².